The van der Waals surface area contributed by atoms with E-state index in [1.165, 1.54) is 12.8 Å². The van der Waals surface area contributed by atoms with Gasteiger partial charge in [0.15, 0.2) is 0 Å². The first-order valence-electron chi connectivity index (χ1n) is 6.50. The topological polar surface area (TPSA) is 60.2 Å². The summed E-state index contributed by atoms with van der Waals surface area (Å²) in [6, 6.07) is 12.1. The summed E-state index contributed by atoms with van der Waals surface area (Å²) < 4.78 is 0. The zero-order valence-electron chi connectivity index (χ0n) is 10.6. The molecule has 1 heterocycles. The summed E-state index contributed by atoms with van der Waals surface area (Å²) in [6.45, 7) is 0.767. The number of anilines is 1. The van der Waals surface area contributed by atoms with Crippen LogP contribution in [0.3, 0.4) is 0 Å². The molecule has 1 aliphatic rings. The second kappa shape index (κ2) is 4.87. The highest BCUT2D eigenvalue weighted by atomic mass is 16.3. The molecule has 4 heteroatoms. The molecule has 1 fully saturated rings. The Morgan fingerprint density at radius 3 is 2.84 bits per heavy atom. The Balaban J connectivity index is 1.98. The first-order chi connectivity index (χ1) is 9.31. The molecule has 0 unspecified atom stereocenters. The van der Waals surface area contributed by atoms with Gasteiger partial charge < -0.3 is 10.0 Å². The van der Waals surface area contributed by atoms with Crippen molar-refractivity contribution in [2.45, 2.75) is 18.9 Å². The van der Waals surface area contributed by atoms with E-state index in [2.05, 4.69) is 16.0 Å². The molecule has 96 valence electrons. The average Bonchev–Trinajstić information content (AvgIpc) is 3.28. The Kier molecular flexibility index (Phi) is 3.06. The summed E-state index contributed by atoms with van der Waals surface area (Å²) in [5, 5.41) is 19.0. The maximum atomic E-state index is 9.15. The van der Waals surface area contributed by atoms with Crippen molar-refractivity contribution in [1.29, 1.82) is 5.26 Å². The van der Waals surface area contributed by atoms with Gasteiger partial charge in [-0.3, -0.25) is 0 Å². The van der Waals surface area contributed by atoms with Crippen molar-refractivity contribution in [1.82, 2.24) is 4.98 Å². The van der Waals surface area contributed by atoms with Gasteiger partial charge in [-0.2, -0.15) is 5.26 Å². The minimum absolute atomic E-state index is 0.142. The van der Waals surface area contributed by atoms with Gasteiger partial charge in [0.25, 0.3) is 0 Å². The Morgan fingerprint density at radius 1 is 1.32 bits per heavy atom. The predicted octanol–water partition coefficient (Wildman–Crippen LogP) is 2.07. The summed E-state index contributed by atoms with van der Waals surface area (Å²) in [7, 11) is 0. The molecule has 3 rings (SSSR count). The van der Waals surface area contributed by atoms with Gasteiger partial charge in [-0.05, 0) is 43.2 Å². The summed E-state index contributed by atoms with van der Waals surface area (Å²) in [4.78, 5) is 6.80. The molecule has 0 radical (unpaired) electrons. The maximum Gasteiger partial charge on any atom is 0.129 e. The van der Waals surface area contributed by atoms with Crippen LogP contribution >= 0.6 is 0 Å². The fraction of sp³-hybridized carbons (Fsp3) is 0.333. The Bertz CT molecular complexity index is 643. The van der Waals surface area contributed by atoms with Gasteiger partial charge in [0, 0.05) is 18.0 Å². The van der Waals surface area contributed by atoms with E-state index >= 15 is 0 Å². The van der Waals surface area contributed by atoms with Crippen LogP contribution in [-0.4, -0.2) is 29.3 Å². The van der Waals surface area contributed by atoms with Gasteiger partial charge in [0.1, 0.15) is 5.82 Å². The summed E-state index contributed by atoms with van der Waals surface area (Å²) in [6.07, 6.45) is 2.35. The molecule has 0 aliphatic heterocycles. The normalized spacial score (nSPS) is 14.3. The number of rotatable bonds is 4. The van der Waals surface area contributed by atoms with Crippen LogP contribution in [0.15, 0.2) is 30.3 Å². The van der Waals surface area contributed by atoms with Crippen molar-refractivity contribution in [3.8, 4) is 6.07 Å². The minimum atomic E-state index is 0.142. The molecule has 1 saturated carbocycles. The molecule has 1 aromatic carbocycles. The van der Waals surface area contributed by atoms with E-state index in [0.717, 1.165) is 16.7 Å². The smallest absolute Gasteiger partial charge is 0.129 e. The Morgan fingerprint density at radius 2 is 2.16 bits per heavy atom. The van der Waals surface area contributed by atoms with Crippen LogP contribution in [0, 0.1) is 11.3 Å². The van der Waals surface area contributed by atoms with Gasteiger partial charge in [-0.1, -0.05) is 0 Å². The first-order valence-corrected chi connectivity index (χ1v) is 6.50. The molecule has 0 spiro atoms. The number of aliphatic hydroxyl groups is 1. The van der Waals surface area contributed by atoms with E-state index in [9.17, 15) is 0 Å². The van der Waals surface area contributed by atoms with Crippen LogP contribution in [0.25, 0.3) is 10.9 Å². The fourth-order valence-electron chi connectivity index (χ4n) is 2.32. The highest BCUT2D eigenvalue weighted by Crippen LogP contribution is 2.31. The number of nitriles is 1. The molecule has 0 saturated heterocycles. The van der Waals surface area contributed by atoms with Crippen molar-refractivity contribution in [2.75, 3.05) is 18.1 Å². The number of fused-ring (bicyclic) bond motifs is 1. The zero-order valence-corrected chi connectivity index (χ0v) is 10.6. The Hall–Kier alpha value is -2.12. The van der Waals surface area contributed by atoms with Crippen LogP contribution in [0.1, 0.15) is 18.4 Å². The van der Waals surface area contributed by atoms with E-state index in [-0.39, 0.29) is 6.61 Å². The SMILES string of the molecule is N#Cc1ccc2nc(N(CCO)C3CC3)ccc2c1. The number of aromatic nitrogens is 1. The van der Waals surface area contributed by atoms with E-state index in [4.69, 9.17) is 10.4 Å². The molecule has 1 aromatic heterocycles. The lowest BCUT2D eigenvalue weighted by atomic mass is 10.1. The predicted molar refractivity (Wildman–Crippen MR) is 73.9 cm³/mol. The molecule has 2 aromatic rings. The minimum Gasteiger partial charge on any atom is -0.395 e. The third-order valence-corrected chi connectivity index (χ3v) is 3.43. The molecule has 0 bridgehead atoms. The fourth-order valence-corrected chi connectivity index (χ4v) is 2.32. The van der Waals surface area contributed by atoms with Crippen LogP contribution in [0.2, 0.25) is 0 Å². The monoisotopic (exact) mass is 253 g/mol. The highest BCUT2D eigenvalue weighted by molar-refractivity contribution is 5.81. The van der Waals surface area contributed by atoms with E-state index in [0.29, 0.717) is 18.2 Å². The van der Waals surface area contributed by atoms with Crippen molar-refractivity contribution >= 4 is 16.7 Å². The second-order valence-electron chi connectivity index (χ2n) is 4.84. The summed E-state index contributed by atoms with van der Waals surface area (Å²) in [5.74, 6) is 0.911. The van der Waals surface area contributed by atoms with E-state index < -0.39 is 0 Å². The number of nitrogens with zero attached hydrogens (tertiary/aromatic N) is 3. The molecule has 19 heavy (non-hydrogen) atoms. The largest absolute Gasteiger partial charge is 0.395 e. The lowest BCUT2D eigenvalue weighted by Crippen LogP contribution is -2.29. The van der Waals surface area contributed by atoms with Crippen molar-refractivity contribution in [2.24, 2.45) is 0 Å². The van der Waals surface area contributed by atoms with Crippen molar-refractivity contribution < 1.29 is 5.11 Å². The lowest BCUT2D eigenvalue weighted by Gasteiger charge is -2.22. The molecule has 4 nitrogen and oxygen atoms in total. The summed E-state index contributed by atoms with van der Waals surface area (Å²) >= 11 is 0. The average molecular weight is 253 g/mol. The summed E-state index contributed by atoms with van der Waals surface area (Å²) in [5.41, 5.74) is 1.54. The van der Waals surface area contributed by atoms with Crippen LogP contribution in [0.4, 0.5) is 5.82 Å². The molecular weight excluding hydrogens is 238 g/mol. The van der Waals surface area contributed by atoms with Gasteiger partial charge >= 0.3 is 0 Å². The first kappa shape index (κ1) is 11.9. The number of aliphatic hydroxyl groups excluding tert-OH is 1. The third-order valence-electron chi connectivity index (χ3n) is 3.43. The van der Waals surface area contributed by atoms with E-state index in [1.807, 2.05) is 24.3 Å². The number of benzene rings is 1. The zero-order chi connectivity index (χ0) is 13.2. The molecule has 0 atom stereocenters. The van der Waals surface area contributed by atoms with Crippen LogP contribution in [-0.2, 0) is 0 Å². The van der Waals surface area contributed by atoms with Gasteiger partial charge in [0.05, 0.1) is 23.8 Å². The quantitative estimate of drug-likeness (QED) is 0.906. The van der Waals surface area contributed by atoms with Crippen molar-refractivity contribution in [3.63, 3.8) is 0 Å². The molecule has 1 aliphatic carbocycles. The van der Waals surface area contributed by atoms with Crippen molar-refractivity contribution in [3.05, 3.63) is 35.9 Å². The molecule has 0 amide bonds. The van der Waals surface area contributed by atoms with Gasteiger partial charge in [-0.15, -0.1) is 0 Å². The highest BCUT2D eigenvalue weighted by Gasteiger charge is 2.29. The van der Waals surface area contributed by atoms with Crippen LogP contribution < -0.4 is 4.90 Å². The molecule has 1 N–H and O–H groups in total. The standard InChI is InChI=1S/C15H15N3O/c16-10-11-1-5-14-12(9-11)2-6-15(17-14)18(7-8-19)13-3-4-13/h1-2,5-6,9,13,19H,3-4,7-8H2. The maximum absolute atomic E-state index is 9.15. The third kappa shape index (κ3) is 2.38. The van der Waals surface area contributed by atoms with Crippen LogP contribution in [0.5, 0.6) is 0 Å². The second-order valence-corrected chi connectivity index (χ2v) is 4.84. The number of hydrogen-bond donors (Lipinski definition) is 1. The molecular formula is C15H15N3O. The number of hydrogen-bond acceptors (Lipinski definition) is 4. The Labute approximate surface area is 111 Å². The van der Waals surface area contributed by atoms with Gasteiger partial charge in [0.2, 0.25) is 0 Å². The van der Waals surface area contributed by atoms with Gasteiger partial charge in [-0.25, -0.2) is 4.98 Å². The van der Waals surface area contributed by atoms with E-state index in [1.54, 1.807) is 6.07 Å². The lowest BCUT2D eigenvalue weighted by molar-refractivity contribution is 0.301. The number of pyridine rings is 1.